The van der Waals surface area contributed by atoms with Crippen molar-refractivity contribution in [3.8, 4) is 5.75 Å². The minimum atomic E-state index is -0.336. The second-order valence-corrected chi connectivity index (χ2v) is 3.42. The molecule has 2 rings (SSSR count). The number of carbonyl (C=O) groups is 1. The Morgan fingerprint density at radius 2 is 2.20 bits per heavy atom. The van der Waals surface area contributed by atoms with Crippen molar-refractivity contribution in [1.82, 2.24) is 0 Å². The molecule has 0 amide bonds. The Bertz CT molecular complexity index is 421. The summed E-state index contributed by atoms with van der Waals surface area (Å²) in [6, 6.07) is 7.07. The number of para-hydroxylation sites is 1. The van der Waals surface area contributed by atoms with Gasteiger partial charge < -0.3 is 9.84 Å². The van der Waals surface area contributed by atoms with Crippen LogP contribution in [-0.4, -0.2) is 17.0 Å². The van der Waals surface area contributed by atoms with Crippen LogP contribution in [0, 0.1) is 0 Å². The highest BCUT2D eigenvalue weighted by Crippen LogP contribution is 2.31. The van der Waals surface area contributed by atoms with Crippen LogP contribution in [-0.2, 0) is 0 Å². The normalized spacial score (nSPS) is 22.3. The molecule has 1 aromatic rings. The van der Waals surface area contributed by atoms with Gasteiger partial charge in [-0.15, -0.1) is 0 Å². The maximum absolute atomic E-state index is 11.9. The van der Waals surface area contributed by atoms with Crippen LogP contribution in [0.3, 0.4) is 0 Å². The van der Waals surface area contributed by atoms with Crippen molar-refractivity contribution in [2.24, 2.45) is 0 Å². The molecule has 0 fully saturated rings. The molecule has 1 heterocycles. The highest BCUT2D eigenvalue weighted by atomic mass is 16.5. The lowest BCUT2D eigenvalue weighted by Crippen LogP contribution is -2.29. The van der Waals surface area contributed by atoms with Crippen molar-refractivity contribution < 1.29 is 14.6 Å². The average Bonchev–Trinajstić information content (AvgIpc) is 2.29. The van der Waals surface area contributed by atoms with Gasteiger partial charge in [-0.25, -0.2) is 0 Å². The number of hydrogen-bond donors (Lipinski definition) is 1. The van der Waals surface area contributed by atoms with Gasteiger partial charge in [-0.3, -0.25) is 4.79 Å². The van der Waals surface area contributed by atoms with Gasteiger partial charge in [0.05, 0.1) is 17.4 Å². The number of Topliss-reactive ketones (excluding diaryl/α,β-unsaturated/α-hetero) is 1. The van der Waals surface area contributed by atoms with Crippen molar-refractivity contribution in [1.29, 1.82) is 0 Å². The molecule has 0 aliphatic carbocycles. The fourth-order valence-corrected chi connectivity index (χ4v) is 1.72. The largest absolute Gasteiger partial charge is 0.515 e. The minimum Gasteiger partial charge on any atom is -0.515 e. The lowest BCUT2D eigenvalue weighted by Gasteiger charge is -2.25. The summed E-state index contributed by atoms with van der Waals surface area (Å²) in [4.78, 5) is 11.9. The first kappa shape index (κ1) is 9.77. The lowest BCUT2D eigenvalue weighted by molar-refractivity contribution is 0.0952. The van der Waals surface area contributed by atoms with Crippen molar-refractivity contribution in [2.45, 2.75) is 19.4 Å². The van der Waals surface area contributed by atoms with E-state index in [2.05, 4.69) is 0 Å². The second kappa shape index (κ2) is 3.77. The smallest absolute Gasteiger partial charge is 0.199 e. The fraction of sp³-hybridized carbons (Fsp3) is 0.250. The van der Waals surface area contributed by atoms with Gasteiger partial charge in [0.1, 0.15) is 11.9 Å². The topological polar surface area (TPSA) is 46.5 Å². The maximum atomic E-state index is 11.9. The number of aliphatic hydroxyl groups is 1. The Morgan fingerprint density at radius 1 is 1.47 bits per heavy atom. The third-order valence-electron chi connectivity index (χ3n) is 2.52. The molecular weight excluding hydrogens is 192 g/mol. The number of aliphatic hydroxyl groups excluding tert-OH is 1. The van der Waals surface area contributed by atoms with E-state index in [4.69, 9.17) is 9.84 Å². The minimum absolute atomic E-state index is 0.147. The predicted octanol–water partition coefficient (Wildman–Crippen LogP) is 2.48. The molecule has 1 N–H and O–H groups in total. The van der Waals surface area contributed by atoms with E-state index in [1.807, 2.05) is 13.0 Å². The first-order valence-electron chi connectivity index (χ1n) is 4.92. The van der Waals surface area contributed by atoms with E-state index in [-0.39, 0.29) is 11.9 Å². The van der Waals surface area contributed by atoms with E-state index < -0.39 is 0 Å². The van der Waals surface area contributed by atoms with Crippen LogP contribution in [0.2, 0.25) is 0 Å². The summed E-state index contributed by atoms with van der Waals surface area (Å²) < 4.78 is 5.61. The van der Waals surface area contributed by atoms with Crippen molar-refractivity contribution in [3.05, 3.63) is 41.7 Å². The third-order valence-corrected chi connectivity index (χ3v) is 2.52. The lowest BCUT2D eigenvalue weighted by atomic mass is 9.95. The van der Waals surface area contributed by atoms with Crippen molar-refractivity contribution in [3.63, 3.8) is 0 Å². The number of fused-ring (bicyclic) bond motifs is 1. The molecule has 0 saturated heterocycles. The van der Waals surface area contributed by atoms with E-state index in [1.54, 1.807) is 18.2 Å². The zero-order valence-corrected chi connectivity index (χ0v) is 8.43. The van der Waals surface area contributed by atoms with Crippen LogP contribution in [0.1, 0.15) is 23.7 Å². The number of hydrogen-bond acceptors (Lipinski definition) is 3. The summed E-state index contributed by atoms with van der Waals surface area (Å²) in [6.45, 7) is 1.91. The van der Waals surface area contributed by atoms with Crippen LogP contribution < -0.4 is 4.74 Å². The Balaban J connectivity index is 2.50. The number of benzene rings is 1. The third kappa shape index (κ3) is 1.50. The quantitative estimate of drug-likeness (QED) is 0.564. The molecule has 1 atom stereocenters. The van der Waals surface area contributed by atoms with Crippen LogP contribution >= 0.6 is 0 Å². The van der Waals surface area contributed by atoms with Gasteiger partial charge in [-0.1, -0.05) is 19.1 Å². The Kier molecular flexibility index (Phi) is 2.46. The molecule has 0 radical (unpaired) electrons. The standard InChI is InChI=1S/C12H12O3/c1-2-10-9(7-13)12(14)8-5-3-4-6-11(8)15-10/h3-7,10,13H,2H2,1H3/b9-7-. The summed E-state index contributed by atoms with van der Waals surface area (Å²) in [6.07, 6.45) is 1.18. The van der Waals surface area contributed by atoms with Gasteiger partial charge in [0.25, 0.3) is 0 Å². The molecule has 0 spiro atoms. The summed E-state index contributed by atoms with van der Waals surface area (Å²) >= 11 is 0. The number of ether oxygens (including phenoxy) is 1. The molecule has 3 nitrogen and oxygen atoms in total. The zero-order chi connectivity index (χ0) is 10.8. The Hall–Kier alpha value is -1.77. The van der Waals surface area contributed by atoms with Gasteiger partial charge in [-0.05, 0) is 18.6 Å². The van der Waals surface area contributed by atoms with Gasteiger partial charge >= 0.3 is 0 Å². The molecule has 1 aromatic carbocycles. The molecular formula is C12H12O3. The number of carbonyl (C=O) groups excluding carboxylic acids is 1. The zero-order valence-electron chi connectivity index (χ0n) is 8.43. The number of ketones is 1. The first-order chi connectivity index (χ1) is 7.27. The van der Waals surface area contributed by atoms with E-state index in [0.717, 1.165) is 6.26 Å². The summed E-state index contributed by atoms with van der Waals surface area (Å²) in [5, 5.41) is 9.03. The van der Waals surface area contributed by atoms with E-state index in [0.29, 0.717) is 23.3 Å². The van der Waals surface area contributed by atoms with E-state index >= 15 is 0 Å². The molecule has 1 unspecified atom stereocenters. The van der Waals surface area contributed by atoms with E-state index in [1.165, 1.54) is 0 Å². The number of rotatable bonds is 1. The highest BCUT2D eigenvalue weighted by Gasteiger charge is 2.30. The van der Waals surface area contributed by atoms with Crippen LogP contribution in [0.5, 0.6) is 5.75 Å². The summed E-state index contributed by atoms with van der Waals surface area (Å²) in [7, 11) is 0. The maximum Gasteiger partial charge on any atom is 0.199 e. The fourth-order valence-electron chi connectivity index (χ4n) is 1.72. The van der Waals surface area contributed by atoms with Crippen LogP contribution in [0.25, 0.3) is 0 Å². The summed E-state index contributed by atoms with van der Waals surface area (Å²) in [5.41, 5.74) is 0.846. The highest BCUT2D eigenvalue weighted by molar-refractivity contribution is 6.11. The summed E-state index contributed by atoms with van der Waals surface area (Å²) in [5.74, 6) is 0.450. The Morgan fingerprint density at radius 3 is 2.87 bits per heavy atom. The molecule has 78 valence electrons. The molecule has 0 aromatic heterocycles. The average molecular weight is 204 g/mol. The van der Waals surface area contributed by atoms with Gasteiger partial charge in [0.2, 0.25) is 0 Å². The van der Waals surface area contributed by atoms with Crippen LogP contribution in [0.15, 0.2) is 36.1 Å². The predicted molar refractivity (Wildman–Crippen MR) is 56.2 cm³/mol. The van der Waals surface area contributed by atoms with Crippen molar-refractivity contribution in [2.75, 3.05) is 0 Å². The van der Waals surface area contributed by atoms with E-state index in [9.17, 15) is 4.79 Å². The molecule has 15 heavy (non-hydrogen) atoms. The SMILES string of the molecule is CCC1Oc2ccccc2C(=O)/C1=C\O. The van der Waals surface area contributed by atoms with Gasteiger partial charge in [0.15, 0.2) is 5.78 Å². The molecule has 0 saturated carbocycles. The van der Waals surface area contributed by atoms with Gasteiger partial charge in [0, 0.05) is 0 Å². The molecule has 1 aliphatic heterocycles. The Labute approximate surface area is 88.0 Å². The van der Waals surface area contributed by atoms with Gasteiger partial charge in [-0.2, -0.15) is 0 Å². The van der Waals surface area contributed by atoms with Crippen LogP contribution in [0.4, 0.5) is 0 Å². The molecule has 0 bridgehead atoms. The second-order valence-electron chi connectivity index (χ2n) is 3.42. The monoisotopic (exact) mass is 204 g/mol. The van der Waals surface area contributed by atoms with Crippen molar-refractivity contribution >= 4 is 5.78 Å². The first-order valence-corrected chi connectivity index (χ1v) is 4.92. The molecule has 3 heteroatoms. The molecule has 1 aliphatic rings.